The summed E-state index contributed by atoms with van der Waals surface area (Å²) in [6, 6.07) is 22.9. The Bertz CT molecular complexity index is 1340. The van der Waals surface area contributed by atoms with Gasteiger partial charge in [-0.2, -0.15) is 0 Å². The Balaban J connectivity index is 0.00000342. The number of aliphatic hydroxyl groups is 1. The van der Waals surface area contributed by atoms with Crippen molar-refractivity contribution in [1.82, 2.24) is 10.3 Å². The molecular weight excluding hydrogens is 466 g/mol. The number of aromatic hydroxyl groups is 1. The Kier molecular flexibility index (Phi) is 9.03. The third kappa shape index (κ3) is 6.48. The van der Waals surface area contributed by atoms with Gasteiger partial charge in [0.15, 0.2) is 0 Å². The van der Waals surface area contributed by atoms with E-state index in [1.54, 1.807) is 24.3 Å². The molecular formula is C27H28ClN3O4. The molecule has 0 fully saturated rings. The van der Waals surface area contributed by atoms with Crippen LogP contribution in [0, 0.1) is 0 Å². The number of benzene rings is 3. The Hall–Kier alpha value is -3.65. The lowest BCUT2D eigenvalue weighted by Gasteiger charge is -2.19. The number of rotatable bonds is 9. The molecule has 1 heterocycles. The summed E-state index contributed by atoms with van der Waals surface area (Å²) in [7, 11) is 0. The number of nitrogens with one attached hydrogen (secondary N) is 3. The minimum atomic E-state index is -0.342. The number of fused-ring (bicyclic) bond motifs is 1. The second-order valence-electron chi connectivity index (χ2n) is 8.10. The molecule has 5 N–H and O–H groups in total. The van der Waals surface area contributed by atoms with Crippen LogP contribution in [-0.2, 0) is 6.42 Å². The predicted octanol–water partition coefficient (Wildman–Crippen LogP) is 4.16. The van der Waals surface area contributed by atoms with Crippen LogP contribution in [0.15, 0.2) is 83.7 Å². The van der Waals surface area contributed by atoms with Crippen molar-refractivity contribution in [3.63, 3.8) is 0 Å². The molecule has 1 atom stereocenters. The number of pyridine rings is 1. The van der Waals surface area contributed by atoms with E-state index in [4.69, 9.17) is 0 Å². The van der Waals surface area contributed by atoms with Gasteiger partial charge in [0.05, 0.1) is 18.2 Å². The number of aromatic nitrogens is 1. The molecule has 3 aromatic carbocycles. The summed E-state index contributed by atoms with van der Waals surface area (Å²) < 4.78 is 0. The van der Waals surface area contributed by atoms with Crippen molar-refractivity contribution >= 4 is 34.9 Å². The second kappa shape index (κ2) is 12.2. The molecule has 4 aromatic rings. The van der Waals surface area contributed by atoms with Crippen molar-refractivity contribution < 1.29 is 15.0 Å². The van der Waals surface area contributed by atoms with E-state index in [1.165, 1.54) is 12.1 Å². The number of carbonyl (C=O) groups excluding carboxylic acids is 1. The summed E-state index contributed by atoms with van der Waals surface area (Å²) in [4.78, 5) is 26.7. The number of hydrogen-bond acceptors (Lipinski definition) is 5. The van der Waals surface area contributed by atoms with Crippen molar-refractivity contribution in [2.45, 2.75) is 18.9 Å². The van der Waals surface area contributed by atoms with E-state index in [1.807, 2.05) is 42.5 Å². The van der Waals surface area contributed by atoms with E-state index in [0.29, 0.717) is 23.0 Å². The molecule has 0 aliphatic heterocycles. The summed E-state index contributed by atoms with van der Waals surface area (Å²) in [6.45, 7) is 0.525. The van der Waals surface area contributed by atoms with Crippen LogP contribution in [0.2, 0.25) is 0 Å². The maximum atomic E-state index is 12.4. The van der Waals surface area contributed by atoms with E-state index >= 15 is 0 Å². The van der Waals surface area contributed by atoms with E-state index < -0.39 is 0 Å². The van der Waals surface area contributed by atoms with Gasteiger partial charge in [-0.3, -0.25) is 9.59 Å². The number of phenols is 1. The van der Waals surface area contributed by atoms with Gasteiger partial charge in [0.25, 0.3) is 5.91 Å². The van der Waals surface area contributed by atoms with Crippen LogP contribution in [0.4, 0.5) is 5.69 Å². The monoisotopic (exact) mass is 493 g/mol. The highest BCUT2D eigenvalue weighted by Crippen LogP contribution is 2.28. The van der Waals surface area contributed by atoms with Crippen molar-refractivity contribution in [3.8, 4) is 5.75 Å². The molecule has 0 spiro atoms. The van der Waals surface area contributed by atoms with Crippen LogP contribution in [0.5, 0.6) is 5.75 Å². The lowest BCUT2D eigenvalue weighted by molar-refractivity contribution is 0.102. The van der Waals surface area contributed by atoms with Crippen LogP contribution in [-0.4, -0.2) is 34.3 Å². The van der Waals surface area contributed by atoms with Gasteiger partial charge in [-0.15, -0.1) is 12.4 Å². The zero-order valence-electron chi connectivity index (χ0n) is 19.0. The van der Waals surface area contributed by atoms with Gasteiger partial charge in [0.1, 0.15) is 5.75 Å². The smallest absolute Gasteiger partial charge is 0.255 e. The zero-order chi connectivity index (χ0) is 23.9. The molecule has 0 saturated heterocycles. The van der Waals surface area contributed by atoms with Gasteiger partial charge in [-0.1, -0.05) is 36.4 Å². The SMILES string of the molecule is Cl.O=C(Nc1cccc(CCCNC(CO)c2ccc(O)c3[nH]c(=O)ccc23)c1)c1ccccc1. The van der Waals surface area contributed by atoms with Crippen LogP contribution in [0.25, 0.3) is 10.9 Å². The van der Waals surface area contributed by atoms with Gasteiger partial charge < -0.3 is 25.8 Å². The number of phenolic OH excluding ortho intramolecular Hbond substituents is 1. The highest BCUT2D eigenvalue weighted by molar-refractivity contribution is 6.04. The maximum Gasteiger partial charge on any atom is 0.255 e. The van der Waals surface area contributed by atoms with E-state index in [2.05, 4.69) is 15.6 Å². The first-order valence-electron chi connectivity index (χ1n) is 11.2. The van der Waals surface area contributed by atoms with Gasteiger partial charge in [0, 0.05) is 22.7 Å². The van der Waals surface area contributed by atoms with Crippen molar-refractivity contribution in [2.24, 2.45) is 0 Å². The fourth-order valence-corrected chi connectivity index (χ4v) is 4.00. The van der Waals surface area contributed by atoms with Crippen molar-refractivity contribution in [1.29, 1.82) is 0 Å². The Morgan fingerprint density at radius 3 is 2.54 bits per heavy atom. The zero-order valence-corrected chi connectivity index (χ0v) is 19.8. The van der Waals surface area contributed by atoms with Gasteiger partial charge in [-0.05, 0) is 66.9 Å². The first kappa shape index (κ1) is 26.0. The number of anilines is 1. The van der Waals surface area contributed by atoms with E-state index in [9.17, 15) is 19.8 Å². The Morgan fingerprint density at radius 2 is 1.77 bits per heavy atom. The molecule has 0 aliphatic carbocycles. The van der Waals surface area contributed by atoms with Gasteiger partial charge in [0.2, 0.25) is 5.56 Å². The number of hydrogen-bond donors (Lipinski definition) is 5. The molecule has 1 aromatic heterocycles. The Labute approximate surface area is 209 Å². The van der Waals surface area contributed by atoms with Crippen LogP contribution in [0.1, 0.15) is 33.9 Å². The number of aliphatic hydroxyl groups excluding tert-OH is 1. The number of halogens is 1. The average Bonchev–Trinajstić information content (AvgIpc) is 2.86. The number of aromatic amines is 1. The molecule has 0 bridgehead atoms. The normalized spacial score (nSPS) is 11.6. The molecule has 0 saturated carbocycles. The highest BCUT2D eigenvalue weighted by atomic mass is 35.5. The number of amides is 1. The third-order valence-electron chi connectivity index (χ3n) is 5.72. The van der Waals surface area contributed by atoms with Gasteiger partial charge >= 0.3 is 0 Å². The highest BCUT2D eigenvalue weighted by Gasteiger charge is 2.15. The van der Waals surface area contributed by atoms with Crippen LogP contribution < -0.4 is 16.2 Å². The second-order valence-corrected chi connectivity index (χ2v) is 8.10. The van der Waals surface area contributed by atoms with Crippen molar-refractivity contribution in [2.75, 3.05) is 18.5 Å². The van der Waals surface area contributed by atoms with Crippen molar-refractivity contribution in [3.05, 3.63) is 106 Å². The minimum absolute atomic E-state index is 0. The molecule has 0 aliphatic rings. The predicted molar refractivity (Wildman–Crippen MR) is 140 cm³/mol. The Morgan fingerprint density at radius 1 is 0.971 bits per heavy atom. The van der Waals surface area contributed by atoms with Crippen LogP contribution in [0.3, 0.4) is 0 Å². The molecule has 7 nitrogen and oxygen atoms in total. The van der Waals surface area contributed by atoms with E-state index in [0.717, 1.165) is 29.7 Å². The molecule has 4 rings (SSSR count). The van der Waals surface area contributed by atoms with Crippen LogP contribution >= 0.6 is 12.4 Å². The number of H-pyrrole nitrogens is 1. The van der Waals surface area contributed by atoms with Gasteiger partial charge in [-0.25, -0.2) is 0 Å². The largest absolute Gasteiger partial charge is 0.506 e. The molecule has 1 amide bonds. The summed E-state index contributed by atoms with van der Waals surface area (Å²) in [5.74, 6) is -0.153. The topological polar surface area (TPSA) is 114 Å². The lowest BCUT2D eigenvalue weighted by atomic mass is 10.0. The summed E-state index contributed by atoms with van der Waals surface area (Å²) in [6.07, 6.45) is 1.61. The summed E-state index contributed by atoms with van der Waals surface area (Å²) in [5.41, 5.74) is 3.32. The standard InChI is InChI=1S/C27H27N3O4.ClH/c31-17-23(21-11-13-24(32)26-22(21)12-14-25(33)30-26)28-15-5-7-18-6-4-10-20(16-18)29-27(34)19-8-2-1-3-9-19;/h1-4,6,8-14,16,23,28,31-32H,5,7,15,17H2,(H,29,34)(H,30,33);1H. The maximum absolute atomic E-state index is 12.4. The summed E-state index contributed by atoms with van der Waals surface area (Å²) in [5, 5.41) is 27.0. The quantitative estimate of drug-likeness (QED) is 0.225. The summed E-state index contributed by atoms with van der Waals surface area (Å²) >= 11 is 0. The minimum Gasteiger partial charge on any atom is -0.506 e. The molecule has 8 heteroatoms. The average molecular weight is 494 g/mol. The molecule has 1 unspecified atom stereocenters. The number of aryl methyl sites for hydroxylation is 1. The molecule has 182 valence electrons. The fraction of sp³-hybridized carbons (Fsp3) is 0.185. The fourth-order valence-electron chi connectivity index (χ4n) is 4.00. The third-order valence-corrected chi connectivity index (χ3v) is 5.72. The molecule has 35 heavy (non-hydrogen) atoms. The number of carbonyl (C=O) groups is 1. The first-order valence-corrected chi connectivity index (χ1v) is 11.2. The first-order chi connectivity index (χ1) is 16.5. The van der Waals surface area contributed by atoms with E-state index in [-0.39, 0.29) is 42.3 Å². The molecule has 0 radical (unpaired) electrons. The lowest BCUT2D eigenvalue weighted by Crippen LogP contribution is -2.26.